The number of esters is 1. The maximum Gasteiger partial charge on any atom is 0.338 e. The molecule has 0 spiro atoms. The Morgan fingerprint density at radius 2 is 1.41 bits per heavy atom. The molecular weight excluding hydrogens is 334 g/mol. The molecule has 0 radical (unpaired) electrons. The van der Waals surface area contributed by atoms with Crippen LogP contribution in [0.15, 0.2) is 54.9 Å². The first-order valence-corrected chi connectivity index (χ1v) is 10.5. The average Bonchev–Trinajstić information content (AvgIpc) is 2.70. The molecule has 2 rings (SSSR count). The van der Waals surface area contributed by atoms with E-state index in [1.807, 2.05) is 54.9 Å². The van der Waals surface area contributed by atoms with Gasteiger partial charge in [0.25, 0.3) is 0 Å². The Hall–Kier alpha value is -2.16. The molecule has 0 N–H and O–H groups in total. The van der Waals surface area contributed by atoms with Crippen molar-refractivity contribution in [3.8, 4) is 0 Å². The smallest absolute Gasteiger partial charge is 0.338 e. The molecule has 0 aliphatic rings. The van der Waals surface area contributed by atoms with Gasteiger partial charge in [0.2, 0.25) is 0 Å². The maximum absolute atomic E-state index is 12.1. The number of nitrogens with zero attached hydrogens (tertiary/aromatic N) is 1. The molecule has 0 aliphatic carbocycles. The Kier molecular flexibility index (Phi) is 10.2. The zero-order valence-electron chi connectivity index (χ0n) is 16.7. The highest BCUT2D eigenvalue weighted by atomic mass is 16.5. The predicted octanol–water partition coefficient (Wildman–Crippen LogP) is 5.71. The highest BCUT2D eigenvalue weighted by molar-refractivity contribution is 5.89. The number of ether oxygens (including phenoxy) is 1. The van der Waals surface area contributed by atoms with Gasteiger partial charge >= 0.3 is 5.97 Å². The molecule has 1 heterocycles. The maximum atomic E-state index is 12.1. The van der Waals surface area contributed by atoms with Crippen molar-refractivity contribution in [1.29, 1.82) is 0 Å². The summed E-state index contributed by atoms with van der Waals surface area (Å²) in [7, 11) is 0. The fraction of sp³-hybridized carbons (Fsp3) is 0.500. The third kappa shape index (κ3) is 8.85. The van der Waals surface area contributed by atoms with Gasteiger partial charge in [-0.1, -0.05) is 76.5 Å². The Morgan fingerprint density at radius 1 is 0.815 bits per heavy atom. The summed E-state index contributed by atoms with van der Waals surface area (Å²) >= 11 is 0. The van der Waals surface area contributed by atoms with E-state index in [4.69, 9.17) is 4.74 Å². The quantitative estimate of drug-likeness (QED) is 0.257. The van der Waals surface area contributed by atoms with Gasteiger partial charge in [-0.3, -0.25) is 0 Å². The molecule has 146 valence electrons. The zero-order chi connectivity index (χ0) is 19.2. The summed E-state index contributed by atoms with van der Waals surface area (Å²) in [6.45, 7) is 3.57. The molecule has 3 nitrogen and oxygen atoms in total. The minimum Gasteiger partial charge on any atom is -0.462 e. The van der Waals surface area contributed by atoms with E-state index in [9.17, 15) is 4.79 Å². The molecule has 0 aliphatic heterocycles. The Morgan fingerprint density at radius 3 is 2.04 bits per heavy atom. The third-order valence-electron chi connectivity index (χ3n) is 4.81. The lowest BCUT2D eigenvalue weighted by Crippen LogP contribution is -2.32. The number of benzene rings is 1. The molecule has 2 aromatic rings. The van der Waals surface area contributed by atoms with E-state index in [1.165, 1.54) is 50.5 Å². The van der Waals surface area contributed by atoms with E-state index in [-0.39, 0.29) is 5.97 Å². The molecule has 0 bridgehead atoms. The van der Waals surface area contributed by atoms with Crippen molar-refractivity contribution in [2.45, 2.75) is 71.3 Å². The Bertz CT molecular complexity index is 637. The number of carbonyl (C=O) groups is 1. The number of rotatable bonds is 13. The zero-order valence-corrected chi connectivity index (χ0v) is 16.7. The van der Waals surface area contributed by atoms with E-state index in [0.29, 0.717) is 12.2 Å². The first-order chi connectivity index (χ1) is 13.3. The summed E-state index contributed by atoms with van der Waals surface area (Å²) in [5.74, 6) is -0.214. The predicted molar refractivity (Wildman–Crippen MR) is 110 cm³/mol. The largest absolute Gasteiger partial charge is 0.462 e. The van der Waals surface area contributed by atoms with E-state index in [0.717, 1.165) is 19.4 Å². The Balaban J connectivity index is 1.58. The monoisotopic (exact) mass is 368 g/mol. The van der Waals surface area contributed by atoms with E-state index in [1.54, 1.807) is 0 Å². The van der Waals surface area contributed by atoms with Crippen LogP contribution in [0.2, 0.25) is 0 Å². The average molecular weight is 369 g/mol. The highest BCUT2D eigenvalue weighted by Gasteiger charge is 2.08. The second-order valence-electron chi connectivity index (χ2n) is 7.21. The van der Waals surface area contributed by atoms with Crippen LogP contribution in [0.3, 0.4) is 0 Å². The SMILES string of the molecule is CCCCCCCCCCCOC(=O)c1ccc(C[n+]2ccccc2)cc1. The van der Waals surface area contributed by atoms with Crippen molar-refractivity contribution < 1.29 is 14.1 Å². The lowest BCUT2D eigenvalue weighted by molar-refractivity contribution is -0.688. The number of hydrogen-bond acceptors (Lipinski definition) is 2. The summed E-state index contributed by atoms with van der Waals surface area (Å²) in [5, 5.41) is 0. The summed E-state index contributed by atoms with van der Waals surface area (Å²) in [5.41, 5.74) is 1.80. The molecule has 3 heteroatoms. The van der Waals surface area contributed by atoms with Crippen LogP contribution >= 0.6 is 0 Å². The van der Waals surface area contributed by atoms with Crippen molar-refractivity contribution in [2.75, 3.05) is 6.61 Å². The fourth-order valence-corrected chi connectivity index (χ4v) is 3.16. The molecule has 1 aromatic heterocycles. The molecule has 0 saturated heterocycles. The topological polar surface area (TPSA) is 30.2 Å². The summed E-state index contributed by atoms with van der Waals surface area (Å²) in [6.07, 6.45) is 15.5. The van der Waals surface area contributed by atoms with Crippen LogP contribution in [0.1, 0.15) is 80.6 Å². The van der Waals surface area contributed by atoms with Crippen LogP contribution in [0.4, 0.5) is 0 Å². The summed E-state index contributed by atoms with van der Waals surface area (Å²) in [4.78, 5) is 12.1. The van der Waals surface area contributed by atoms with E-state index in [2.05, 4.69) is 11.5 Å². The van der Waals surface area contributed by atoms with Crippen LogP contribution in [0.25, 0.3) is 0 Å². The minimum atomic E-state index is -0.214. The van der Waals surface area contributed by atoms with Gasteiger partial charge in [0, 0.05) is 17.7 Å². The van der Waals surface area contributed by atoms with Gasteiger partial charge in [-0.15, -0.1) is 0 Å². The second kappa shape index (κ2) is 13.1. The first-order valence-electron chi connectivity index (χ1n) is 10.5. The molecule has 0 atom stereocenters. The van der Waals surface area contributed by atoms with Crippen molar-refractivity contribution >= 4 is 5.97 Å². The first kappa shape index (κ1) is 21.1. The van der Waals surface area contributed by atoms with Crippen LogP contribution in [-0.2, 0) is 11.3 Å². The number of hydrogen-bond donors (Lipinski definition) is 0. The van der Waals surface area contributed by atoms with Crippen LogP contribution < -0.4 is 4.57 Å². The van der Waals surface area contributed by atoms with Gasteiger partial charge in [0.15, 0.2) is 18.9 Å². The standard InChI is InChI=1S/C24H34NO2/c1-2-3-4-5-6-7-8-9-13-20-27-24(26)23-16-14-22(15-17-23)21-25-18-11-10-12-19-25/h10-12,14-19H,2-9,13,20-21H2,1H3/q+1. The van der Waals surface area contributed by atoms with Crippen molar-refractivity contribution in [3.05, 3.63) is 66.0 Å². The van der Waals surface area contributed by atoms with Crippen molar-refractivity contribution in [1.82, 2.24) is 0 Å². The number of pyridine rings is 1. The third-order valence-corrected chi connectivity index (χ3v) is 4.81. The molecular formula is C24H34NO2+. The molecule has 0 fully saturated rings. The fourth-order valence-electron chi connectivity index (χ4n) is 3.16. The van der Waals surface area contributed by atoms with Crippen LogP contribution in [0, 0.1) is 0 Å². The van der Waals surface area contributed by atoms with Crippen LogP contribution in [0.5, 0.6) is 0 Å². The lowest BCUT2D eigenvalue weighted by Gasteiger charge is -2.06. The van der Waals surface area contributed by atoms with Gasteiger partial charge in [0.05, 0.1) is 12.2 Å². The summed E-state index contributed by atoms with van der Waals surface area (Å²) in [6, 6.07) is 13.7. The van der Waals surface area contributed by atoms with Gasteiger partial charge < -0.3 is 4.74 Å². The number of unbranched alkanes of at least 4 members (excludes halogenated alkanes) is 8. The van der Waals surface area contributed by atoms with Crippen LogP contribution in [-0.4, -0.2) is 12.6 Å². The number of aromatic nitrogens is 1. The Labute approximate surface area is 164 Å². The van der Waals surface area contributed by atoms with Crippen molar-refractivity contribution in [3.63, 3.8) is 0 Å². The molecule has 27 heavy (non-hydrogen) atoms. The molecule has 1 aromatic carbocycles. The summed E-state index contributed by atoms with van der Waals surface area (Å²) < 4.78 is 7.51. The normalized spacial score (nSPS) is 10.7. The lowest BCUT2D eigenvalue weighted by atomic mass is 10.1. The van der Waals surface area contributed by atoms with E-state index < -0.39 is 0 Å². The van der Waals surface area contributed by atoms with Crippen molar-refractivity contribution in [2.24, 2.45) is 0 Å². The van der Waals surface area contributed by atoms with Gasteiger partial charge in [-0.05, 0) is 18.6 Å². The second-order valence-corrected chi connectivity index (χ2v) is 7.21. The van der Waals surface area contributed by atoms with Gasteiger partial charge in [-0.25, -0.2) is 9.36 Å². The van der Waals surface area contributed by atoms with E-state index >= 15 is 0 Å². The van der Waals surface area contributed by atoms with Gasteiger partial charge in [-0.2, -0.15) is 0 Å². The molecule has 0 saturated carbocycles. The minimum absolute atomic E-state index is 0.214. The molecule has 0 amide bonds. The highest BCUT2D eigenvalue weighted by Crippen LogP contribution is 2.10. The van der Waals surface area contributed by atoms with Gasteiger partial charge in [0.1, 0.15) is 0 Å². The molecule has 0 unspecified atom stereocenters. The number of carbonyl (C=O) groups excluding carboxylic acids is 1.